The Morgan fingerprint density at radius 1 is 1.19 bits per heavy atom. The van der Waals surface area contributed by atoms with Crippen molar-refractivity contribution in [2.75, 3.05) is 20.6 Å². The number of amides is 1. The highest BCUT2D eigenvalue weighted by atomic mass is 16.3. The maximum atomic E-state index is 14.3. The molecule has 10 nitrogen and oxygen atoms in total. The molecule has 0 aliphatic heterocycles. The first-order valence-electron chi connectivity index (χ1n) is 14.5. The fourth-order valence-corrected chi connectivity index (χ4v) is 6.86. The number of ketones is 2. The molecule has 4 rings (SSSR count). The van der Waals surface area contributed by atoms with Crippen molar-refractivity contribution in [1.29, 1.82) is 0 Å². The number of carbonyl (C=O) groups excluding carboxylic acids is 3. The number of phenolic OH excluding ortho intramolecular Hbond substituents is 1. The predicted octanol–water partition coefficient (Wildman–Crippen LogP) is 3.24. The van der Waals surface area contributed by atoms with Crippen LogP contribution in [0.25, 0.3) is 5.57 Å². The van der Waals surface area contributed by atoms with E-state index in [1.165, 1.54) is 4.90 Å². The number of benzene rings is 1. The van der Waals surface area contributed by atoms with Gasteiger partial charge in [-0.25, -0.2) is 0 Å². The number of carbonyl (C=O) groups is 3. The summed E-state index contributed by atoms with van der Waals surface area (Å²) in [6, 6.07) is 0.837. The molecule has 0 aromatic heterocycles. The first kappa shape index (κ1) is 32.2. The number of aromatic hydroxyl groups is 1. The van der Waals surface area contributed by atoms with Crippen LogP contribution < -0.4 is 11.1 Å². The Bertz CT molecular complexity index is 1510. The maximum Gasteiger partial charge on any atom is 0.255 e. The van der Waals surface area contributed by atoms with E-state index in [1.54, 1.807) is 14.1 Å². The van der Waals surface area contributed by atoms with Crippen molar-refractivity contribution < 1.29 is 34.8 Å². The Morgan fingerprint density at radius 2 is 1.84 bits per heavy atom. The molecular weight excluding hydrogens is 550 g/mol. The van der Waals surface area contributed by atoms with Gasteiger partial charge in [0.1, 0.15) is 22.8 Å². The lowest BCUT2D eigenvalue weighted by atomic mass is 9.58. The summed E-state index contributed by atoms with van der Waals surface area (Å²) in [5, 5.41) is 49.3. The van der Waals surface area contributed by atoms with E-state index in [4.69, 9.17) is 5.73 Å². The topological polar surface area (TPSA) is 173 Å². The van der Waals surface area contributed by atoms with Crippen molar-refractivity contribution in [3.8, 4) is 5.75 Å². The Kier molecular flexibility index (Phi) is 8.54. The number of hydrogen-bond acceptors (Lipinski definition) is 9. The number of hydrogen-bond donors (Lipinski definition) is 6. The van der Waals surface area contributed by atoms with Gasteiger partial charge in [-0.2, -0.15) is 0 Å². The van der Waals surface area contributed by atoms with Crippen LogP contribution in [0, 0.1) is 17.3 Å². The normalized spacial score (nSPS) is 26.3. The number of primary amides is 1. The van der Waals surface area contributed by atoms with Gasteiger partial charge in [0.15, 0.2) is 11.4 Å². The second kappa shape index (κ2) is 11.4. The zero-order valence-corrected chi connectivity index (χ0v) is 25.9. The van der Waals surface area contributed by atoms with Crippen LogP contribution in [0.2, 0.25) is 0 Å². The van der Waals surface area contributed by atoms with Gasteiger partial charge in [-0.1, -0.05) is 39.0 Å². The number of nitrogens with zero attached hydrogens (tertiary/aromatic N) is 1. The van der Waals surface area contributed by atoms with Crippen molar-refractivity contribution in [2.24, 2.45) is 23.0 Å². The average molecular weight is 594 g/mol. The molecule has 1 unspecified atom stereocenters. The number of aliphatic hydroxyl groups is 3. The minimum absolute atomic E-state index is 0.00898. The van der Waals surface area contributed by atoms with Gasteiger partial charge in [-0.05, 0) is 74.9 Å². The fraction of sp³-hybridized carbons (Fsp3) is 0.485. The monoisotopic (exact) mass is 593 g/mol. The molecule has 0 saturated carbocycles. The third-order valence-corrected chi connectivity index (χ3v) is 8.74. The molecular formula is C33H43N3O7. The summed E-state index contributed by atoms with van der Waals surface area (Å²) in [5.74, 6) is -6.61. The van der Waals surface area contributed by atoms with Crippen LogP contribution in [-0.4, -0.2) is 75.1 Å². The molecule has 10 heteroatoms. The number of rotatable bonds is 7. The molecule has 0 spiro atoms. The quantitative estimate of drug-likeness (QED) is 0.205. The Hall–Kier alpha value is -3.73. The van der Waals surface area contributed by atoms with Gasteiger partial charge < -0.3 is 31.5 Å². The fourth-order valence-electron chi connectivity index (χ4n) is 6.86. The summed E-state index contributed by atoms with van der Waals surface area (Å²) in [4.78, 5) is 41.6. The average Bonchev–Trinajstić information content (AvgIpc) is 2.89. The van der Waals surface area contributed by atoms with Crippen molar-refractivity contribution in [2.45, 2.75) is 65.6 Å². The molecule has 7 N–H and O–H groups in total. The van der Waals surface area contributed by atoms with Crippen LogP contribution in [0.1, 0.15) is 68.1 Å². The lowest BCUT2D eigenvalue weighted by Gasteiger charge is -2.50. The van der Waals surface area contributed by atoms with Crippen molar-refractivity contribution >= 4 is 23.0 Å². The standard InChI is InChI=1S/C33H43N3O7/c1-8-10-16(9-2)19-12-18(14-35-15-32(3,4)5)26(37)23-20(19)11-17-13-21-25(36(6)7)28(39)24(31(34)42)30(41)33(21,43)29(40)22(17)27(23)38/h8-10,12,17,21,25,35,37,39-40,43H,11,13-15H2,1-7H3,(H2,34,42)/b10-8-,16-9+/t17-,21-,25?,33-/m0/s1. The first-order valence-corrected chi connectivity index (χ1v) is 14.5. The molecule has 1 amide bonds. The van der Waals surface area contributed by atoms with E-state index in [-0.39, 0.29) is 41.7 Å². The molecule has 0 saturated heterocycles. The number of phenols is 1. The Morgan fingerprint density at radius 3 is 2.37 bits per heavy atom. The molecule has 3 aliphatic carbocycles. The summed E-state index contributed by atoms with van der Waals surface area (Å²) in [5.41, 5.74) is 4.44. The van der Waals surface area contributed by atoms with Crippen LogP contribution in [0.15, 0.2) is 47.0 Å². The zero-order valence-electron chi connectivity index (χ0n) is 25.9. The molecule has 0 heterocycles. The third kappa shape index (κ3) is 5.21. The van der Waals surface area contributed by atoms with E-state index in [0.29, 0.717) is 17.7 Å². The molecule has 232 valence electrons. The summed E-state index contributed by atoms with van der Waals surface area (Å²) in [7, 11) is 3.21. The summed E-state index contributed by atoms with van der Waals surface area (Å²) >= 11 is 0. The lowest BCUT2D eigenvalue weighted by Crippen LogP contribution is -2.63. The molecule has 1 aromatic carbocycles. The van der Waals surface area contributed by atoms with Gasteiger partial charge >= 0.3 is 0 Å². The second-order valence-corrected chi connectivity index (χ2v) is 13.2. The van der Waals surface area contributed by atoms with Crippen LogP contribution >= 0.6 is 0 Å². The largest absolute Gasteiger partial charge is 0.510 e. The molecule has 0 radical (unpaired) electrons. The van der Waals surface area contributed by atoms with E-state index in [2.05, 4.69) is 26.1 Å². The van der Waals surface area contributed by atoms with Gasteiger partial charge in [0.2, 0.25) is 5.78 Å². The number of fused-ring (bicyclic) bond motifs is 3. The van der Waals surface area contributed by atoms with E-state index in [1.807, 2.05) is 38.1 Å². The highest BCUT2D eigenvalue weighted by Gasteiger charge is 2.63. The summed E-state index contributed by atoms with van der Waals surface area (Å²) in [6.07, 6.45) is 5.98. The van der Waals surface area contributed by atoms with Crippen LogP contribution in [-0.2, 0) is 22.6 Å². The van der Waals surface area contributed by atoms with Crippen LogP contribution in [0.4, 0.5) is 0 Å². The Labute approximate surface area is 252 Å². The van der Waals surface area contributed by atoms with Gasteiger partial charge in [-0.15, -0.1) is 0 Å². The maximum absolute atomic E-state index is 14.3. The predicted molar refractivity (Wildman–Crippen MR) is 163 cm³/mol. The van der Waals surface area contributed by atoms with Crippen LogP contribution in [0.5, 0.6) is 5.75 Å². The first-order chi connectivity index (χ1) is 20.0. The number of allylic oxidation sites excluding steroid dienone is 5. The van der Waals surface area contributed by atoms with Crippen molar-refractivity contribution in [1.82, 2.24) is 10.2 Å². The molecule has 43 heavy (non-hydrogen) atoms. The molecule has 0 fully saturated rings. The molecule has 1 aromatic rings. The second-order valence-electron chi connectivity index (χ2n) is 13.2. The van der Waals surface area contributed by atoms with Crippen molar-refractivity contribution in [3.63, 3.8) is 0 Å². The molecule has 0 bridgehead atoms. The van der Waals surface area contributed by atoms with E-state index >= 15 is 0 Å². The number of aliphatic hydroxyl groups excluding tert-OH is 2. The van der Waals surface area contributed by atoms with Crippen LogP contribution in [0.3, 0.4) is 0 Å². The highest BCUT2D eigenvalue weighted by molar-refractivity contribution is 6.25. The zero-order chi connectivity index (χ0) is 32.2. The Balaban J connectivity index is 1.95. The van der Waals surface area contributed by atoms with Gasteiger partial charge in [0, 0.05) is 30.1 Å². The molecule has 4 atom stereocenters. The third-order valence-electron chi connectivity index (χ3n) is 8.74. The van der Waals surface area contributed by atoms with Gasteiger partial charge in [-0.3, -0.25) is 19.3 Å². The van der Waals surface area contributed by atoms with Gasteiger partial charge in [0.05, 0.1) is 11.6 Å². The SMILES string of the molecule is C/C=C\C(=C/C)c1cc(CNCC(C)(C)C)c(O)c2c1C[C@H]1C[C@H]3C(N(C)C)C(O)=C(C(N)=O)C(=O)[C@@]3(O)C(O)=C1C2=O. The lowest BCUT2D eigenvalue weighted by molar-refractivity contribution is -0.148. The number of nitrogens with two attached hydrogens (primary N) is 1. The molecule has 3 aliphatic rings. The van der Waals surface area contributed by atoms with Crippen molar-refractivity contribution in [3.05, 3.63) is 69.2 Å². The van der Waals surface area contributed by atoms with E-state index in [9.17, 15) is 34.8 Å². The summed E-state index contributed by atoms with van der Waals surface area (Å²) in [6.45, 7) is 10.9. The minimum atomic E-state index is -2.67. The highest BCUT2D eigenvalue weighted by Crippen LogP contribution is 2.53. The van der Waals surface area contributed by atoms with Gasteiger partial charge in [0.25, 0.3) is 5.91 Å². The minimum Gasteiger partial charge on any atom is -0.510 e. The summed E-state index contributed by atoms with van der Waals surface area (Å²) < 4.78 is 0. The number of likely N-dealkylation sites (N-methyl/N-ethyl adjacent to an activating group) is 1. The number of Topliss-reactive ketones (excluding diaryl/α,β-unsaturated/α-hetero) is 2. The number of nitrogens with one attached hydrogen (secondary N) is 1. The van der Waals surface area contributed by atoms with E-state index in [0.717, 1.165) is 11.1 Å². The van der Waals surface area contributed by atoms with E-state index < -0.39 is 58.0 Å². The smallest absolute Gasteiger partial charge is 0.255 e.